The second-order valence-corrected chi connectivity index (χ2v) is 7.49. The molecule has 0 radical (unpaired) electrons. The minimum absolute atomic E-state index is 0. The van der Waals surface area contributed by atoms with Crippen molar-refractivity contribution in [1.82, 2.24) is 15.6 Å². The van der Waals surface area contributed by atoms with E-state index < -0.39 is 0 Å². The van der Waals surface area contributed by atoms with Crippen LogP contribution in [0.2, 0.25) is 0 Å². The minimum Gasteiger partial charge on any atom is -0.357 e. The fourth-order valence-corrected chi connectivity index (χ4v) is 3.79. The molecule has 0 aliphatic heterocycles. The quantitative estimate of drug-likeness (QED) is 0.281. The van der Waals surface area contributed by atoms with Gasteiger partial charge in [0.15, 0.2) is 5.96 Å². The molecule has 2 N–H and O–H groups in total. The van der Waals surface area contributed by atoms with Gasteiger partial charge >= 0.3 is 0 Å². The molecule has 1 aromatic carbocycles. The van der Waals surface area contributed by atoms with Crippen LogP contribution >= 0.6 is 35.3 Å². The van der Waals surface area contributed by atoms with Gasteiger partial charge in [0.05, 0.1) is 12.1 Å². The monoisotopic (exact) mass is 494 g/mol. The summed E-state index contributed by atoms with van der Waals surface area (Å²) in [6.45, 7) is 6.72. The number of aliphatic imine (C=N–C) groups is 1. The Bertz CT molecular complexity index is 843. The van der Waals surface area contributed by atoms with Gasteiger partial charge in [0.2, 0.25) is 0 Å². The van der Waals surface area contributed by atoms with Gasteiger partial charge in [-0.15, -0.1) is 35.3 Å². The number of halogens is 1. The molecule has 2 heterocycles. The van der Waals surface area contributed by atoms with Crippen molar-refractivity contribution in [2.24, 2.45) is 10.9 Å². The molecular weight excluding hydrogens is 467 g/mol. The highest BCUT2D eigenvalue weighted by Crippen LogP contribution is 2.17. The van der Waals surface area contributed by atoms with Gasteiger partial charge < -0.3 is 10.6 Å². The number of benzene rings is 1. The Morgan fingerprint density at radius 2 is 2.00 bits per heavy atom. The number of rotatable bonds is 7. The Morgan fingerprint density at radius 3 is 2.78 bits per heavy atom. The van der Waals surface area contributed by atoms with Gasteiger partial charge in [-0.25, -0.2) is 4.99 Å². The number of aromatic nitrogens is 1. The molecule has 0 spiro atoms. The summed E-state index contributed by atoms with van der Waals surface area (Å²) in [6.07, 6.45) is 2.93. The first-order chi connectivity index (χ1) is 12.8. The van der Waals surface area contributed by atoms with Crippen molar-refractivity contribution in [1.29, 1.82) is 0 Å². The highest BCUT2D eigenvalue weighted by Gasteiger charge is 2.07. The first kappa shape index (κ1) is 21.6. The third-order valence-electron chi connectivity index (χ3n) is 4.22. The predicted molar refractivity (Wildman–Crippen MR) is 127 cm³/mol. The lowest BCUT2D eigenvalue weighted by atomic mass is 10.1. The zero-order chi connectivity index (χ0) is 18.2. The van der Waals surface area contributed by atoms with Gasteiger partial charge in [-0.3, -0.25) is 4.98 Å². The molecule has 0 aliphatic rings. The molecule has 0 aliphatic carbocycles. The number of pyridine rings is 1. The Labute approximate surface area is 182 Å². The molecule has 0 amide bonds. The topological polar surface area (TPSA) is 49.3 Å². The lowest BCUT2D eigenvalue weighted by molar-refractivity contribution is 0.562. The number of hydrogen-bond donors (Lipinski definition) is 2. The van der Waals surface area contributed by atoms with Crippen LogP contribution in [0, 0.1) is 5.92 Å². The van der Waals surface area contributed by atoms with E-state index in [9.17, 15) is 0 Å². The SMILES string of the molecule is CCNC(=NCc1cccc2cccnc12)NCC(C)Cc1cccs1.I. The lowest BCUT2D eigenvalue weighted by Gasteiger charge is -2.15. The molecule has 0 fully saturated rings. The number of para-hydroxylation sites is 1. The van der Waals surface area contributed by atoms with E-state index in [1.54, 1.807) is 0 Å². The van der Waals surface area contributed by atoms with Gasteiger partial charge in [0, 0.05) is 29.5 Å². The van der Waals surface area contributed by atoms with Crippen LogP contribution in [0.3, 0.4) is 0 Å². The summed E-state index contributed by atoms with van der Waals surface area (Å²) < 4.78 is 0. The van der Waals surface area contributed by atoms with Crippen molar-refractivity contribution in [2.45, 2.75) is 26.8 Å². The second kappa shape index (κ2) is 11.2. The minimum atomic E-state index is 0. The largest absolute Gasteiger partial charge is 0.357 e. The summed E-state index contributed by atoms with van der Waals surface area (Å²) in [5.74, 6) is 1.41. The van der Waals surface area contributed by atoms with Crippen LogP contribution in [-0.4, -0.2) is 24.0 Å². The predicted octanol–water partition coefficient (Wildman–Crippen LogP) is 4.85. The molecule has 27 heavy (non-hydrogen) atoms. The Balaban J connectivity index is 0.00000261. The highest BCUT2D eigenvalue weighted by molar-refractivity contribution is 14.0. The van der Waals surface area contributed by atoms with Crippen LogP contribution in [0.25, 0.3) is 10.9 Å². The van der Waals surface area contributed by atoms with Gasteiger partial charge in [0.25, 0.3) is 0 Å². The average molecular weight is 494 g/mol. The Hall–Kier alpha value is -1.67. The van der Waals surface area contributed by atoms with E-state index in [0.29, 0.717) is 12.5 Å². The van der Waals surface area contributed by atoms with Crippen LogP contribution in [0.15, 0.2) is 59.0 Å². The van der Waals surface area contributed by atoms with Gasteiger partial charge in [-0.2, -0.15) is 0 Å². The summed E-state index contributed by atoms with van der Waals surface area (Å²) in [6, 6.07) is 14.6. The first-order valence-electron chi connectivity index (χ1n) is 9.13. The summed E-state index contributed by atoms with van der Waals surface area (Å²) in [5.41, 5.74) is 2.17. The normalized spacial score (nSPS) is 12.4. The number of fused-ring (bicyclic) bond motifs is 1. The van der Waals surface area contributed by atoms with Crippen LogP contribution in [0.5, 0.6) is 0 Å². The maximum absolute atomic E-state index is 4.76. The number of nitrogens with one attached hydrogen (secondary N) is 2. The number of hydrogen-bond acceptors (Lipinski definition) is 3. The van der Waals surface area contributed by atoms with E-state index in [0.717, 1.165) is 41.9 Å². The van der Waals surface area contributed by atoms with Gasteiger partial charge in [0.1, 0.15) is 0 Å². The van der Waals surface area contributed by atoms with Crippen LogP contribution in [-0.2, 0) is 13.0 Å². The third-order valence-corrected chi connectivity index (χ3v) is 5.11. The third kappa shape index (κ3) is 6.46. The average Bonchev–Trinajstić information content (AvgIpc) is 3.17. The van der Waals surface area contributed by atoms with E-state index >= 15 is 0 Å². The lowest BCUT2D eigenvalue weighted by Crippen LogP contribution is -2.39. The Kier molecular flexibility index (Phi) is 9.00. The van der Waals surface area contributed by atoms with E-state index in [4.69, 9.17) is 4.99 Å². The van der Waals surface area contributed by atoms with Crippen molar-refractivity contribution < 1.29 is 0 Å². The molecule has 1 unspecified atom stereocenters. The summed E-state index contributed by atoms with van der Waals surface area (Å²) in [5, 5.41) is 10.1. The molecule has 3 aromatic rings. The molecule has 144 valence electrons. The van der Waals surface area contributed by atoms with Gasteiger partial charge in [-0.05, 0) is 42.3 Å². The van der Waals surface area contributed by atoms with E-state index in [-0.39, 0.29) is 24.0 Å². The molecule has 0 bridgehead atoms. The van der Waals surface area contributed by atoms with E-state index in [1.807, 2.05) is 23.6 Å². The summed E-state index contributed by atoms with van der Waals surface area (Å²) in [7, 11) is 0. The fourth-order valence-electron chi connectivity index (χ4n) is 2.92. The number of nitrogens with zero attached hydrogens (tertiary/aromatic N) is 2. The van der Waals surface area contributed by atoms with Crippen LogP contribution in [0.1, 0.15) is 24.3 Å². The van der Waals surface area contributed by atoms with Crippen molar-refractivity contribution in [3.05, 3.63) is 64.5 Å². The standard InChI is InChI=1S/C21H26N4S.HI/c1-3-22-21(24-14-16(2)13-19-10-6-12-26-19)25-15-18-8-4-7-17-9-5-11-23-20(17)18;/h4-12,16H,3,13-15H2,1-2H3,(H2,22,24,25);1H. The van der Waals surface area contributed by atoms with Crippen LogP contribution < -0.4 is 10.6 Å². The number of thiophene rings is 1. The second-order valence-electron chi connectivity index (χ2n) is 6.46. The Morgan fingerprint density at radius 1 is 1.15 bits per heavy atom. The van der Waals surface area contributed by atoms with E-state index in [1.165, 1.54) is 4.88 Å². The van der Waals surface area contributed by atoms with Crippen molar-refractivity contribution in [2.75, 3.05) is 13.1 Å². The molecule has 6 heteroatoms. The summed E-state index contributed by atoms with van der Waals surface area (Å²) in [4.78, 5) is 10.7. The number of guanidine groups is 1. The molecule has 3 rings (SSSR count). The molecule has 4 nitrogen and oxygen atoms in total. The maximum atomic E-state index is 4.76. The summed E-state index contributed by atoms with van der Waals surface area (Å²) >= 11 is 1.82. The molecule has 1 atom stereocenters. The first-order valence-corrected chi connectivity index (χ1v) is 10.0. The zero-order valence-electron chi connectivity index (χ0n) is 15.8. The molecule has 2 aromatic heterocycles. The molecule has 0 saturated heterocycles. The van der Waals surface area contributed by atoms with E-state index in [2.05, 4.69) is 71.2 Å². The highest BCUT2D eigenvalue weighted by atomic mass is 127. The zero-order valence-corrected chi connectivity index (χ0v) is 19.0. The maximum Gasteiger partial charge on any atom is 0.191 e. The fraction of sp³-hybridized carbons (Fsp3) is 0.333. The van der Waals surface area contributed by atoms with Crippen molar-refractivity contribution in [3.8, 4) is 0 Å². The molecule has 0 saturated carbocycles. The van der Waals surface area contributed by atoms with Gasteiger partial charge in [-0.1, -0.05) is 37.3 Å². The molecular formula is C21H27IN4S. The van der Waals surface area contributed by atoms with Crippen molar-refractivity contribution in [3.63, 3.8) is 0 Å². The van der Waals surface area contributed by atoms with Crippen molar-refractivity contribution >= 4 is 52.2 Å². The van der Waals surface area contributed by atoms with Crippen LogP contribution in [0.4, 0.5) is 0 Å². The smallest absolute Gasteiger partial charge is 0.191 e.